The van der Waals surface area contributed by atoms with Crippen LogP contribution < -0.4 is 10.0 Å². The Labute approximate surface area is 198 Å². The van der Waals surface area contributed by atoms with Crippen molar-refractivity contribution in [1.82, 2.24) is 13.5 Å². The number of nitrogens with zero attached hydrogens (tertiary/aromatic N) is 2. The van der Waals surface area contributed by atoms with Crippen LogP contribution in [0.15, 0.2) is 76.1 Å². The Morgan fingerprint density at radius 2 is 1.84 bits per heavy atom. The zero-order valence-electron chi connectivity index (χ0n) is 16.9. The van der Waals surface area contributed by atoms with Gasteiger partial charge in [0.05, 0.1) is 17.4 Å². The van der Waals surface area contributed by atoms with E-state index in [1.807, 2.05) is 49.4 Å². The molecule has 164 valence electrons. The van der Waals surface area contributed by atoms with Crippen LogP contribution in [0.4, 0.5) is 5.69 Å². The first kappa shape index (κ1) is 22.5. The molecule has 0 spiro atoms. The molecule has 4 rings (SSSR count). The lowest BCUT2D eigenvalue weighted by molar-refractivity contribution is -0.117. The number of hydrogen-bond acceptors (Lipinski definition) is 6. The summed E-state index contributed by atoms with van der Waals surface area (Å²) in [5.41, 5.74) is 3.19. The zero-order chi connectivity index (χ0) is 22.7. The second-order valence-corrected chi connectivity index (χ2v) is 10.3. The van der Waals surface area contributed by atoms with Crippen molar-refractivity contribution in [2.24, 2.45) is 0 Å². The van der Waals surface area contributed by atoms with E-state index >= 15 is 0 Å². The highest BCUT2D eigenvalue weighted by atomic mass is 79.9. The average molecular weight is 531 g/mol. The number of rotatable bonds is 7. The largest absolute Gasteiger partial charge is 0.324 e. The van der Waals surface area contributed by atoms with E-state index < -0.39 is 22.0 Å². The highest BCUT2D eigenvalue weighted by Gasteiger charge is 2.28. The lowest BCUT2D eigenvalue weighted by Gasteiger charge is -2.19. The van der Waals surface area contributed by atoms with Gasteiger partial charge in [0.2, 0.25) is 15.9 Å². The van der Waals surface area contributed by atoms with Gasteiger partial charge in [-0.3, -0.25) is 4.79 Å². The van der Waals surface area contributed by atoms with E-state index in [-0.39, 0.29) is 16.8 Å². The summed E-state index contributed by atoms with van der Waals surface area (Å²) in [7, 11) is -4.05. The predicted molar refractivity (Wildman–Crippen MR) is 129 cm³/mol. The minimum absolute atomic E-state index is 0.00821. The van der Waals surface area contributed by atoms with Crippen LogP contribution in [0, 0.1) is 6.92 Å². The molecule has 1 amide bonds. The van der Waals surface area contributed by atoms with Crippen LogP contribution in [0.5, 0.6) is 0 Å². The third kappa shape index (κ3) is 5.04. The quantitative estimate of drug-likeness (QED) is 0.371. The van der Waals surface area contributed by atoms with E-state index in [9.17, 15) is 13.2 Å². The second-order valence-electron chi connectivity index (χ2n) is 7.22. The summed E-state index contributed by atoms with van der Waals surface area (Å²) < 4.78 is 38.0. The number of aromatic nitrogens is 2. The number of hydrogen-bond donors (Lipinski definition) is 2. The summed E-state index contributed by atoms with van der Waals surface area (Å²) >= 11 is 4.38. The number of carbonyl (C=O) groups excluding carboxylic acids is 1. The fraction of sp³-hybridized carbons (Fsp3) is 0.136. The van der Waals surface area contributed by atoms with Crippen LogP contribution in [0.3, 0.4) is 0 Å². The predicted octanol–water partition coefficient (Wildman–Crippen LogP) is 4.29. The Morgan fingerprint density at radius 3 is 2.59 bits per heavy atom. The van der Waals surface area contributed by atoms with Gasteiger partial charge in [-0.15, -0.1) is 0 Å². The molecule has 10 heteroatoms. The number of amides is 1. The first-order valence-corrected chi connectivity index (χ1v) is 12.7. The van der Waals surface area contributed by atoms with Crippen molar-refractivity contribution in [2.45, 2.75) is 24.3 Å². The van der Waals surface area contributed by atoms with E-state index in [2.05, 4.69) is 34.7 Å². The lowest BCUT2D eigenvalue weighted by Crippen LogP contribution is -2.45. The third-order valence-corrected chi connectivity index (χ3v) is 7.52. The number of nitrogens with one attached hydrogen (secondary N) is 2. The lowest BCUT2D eigenvalue weighted by atomic mass is 10.1. The Hall–Kier alpha value is -2.66. The Balaban J connectivity index is 1.66. The highest BCUT2D eigenvalue weighted by molar-refractivity contribution is 9.10. The molecular formula is C22H19BrN4O3S2. The summed E-state index contributed by atoms with van der Waals surface area (Å²) in [5, 5.41) is 2.83. The maximum atomic E-state index is 13.2. The first-order valence-electron chi connectivity index (χ1n) is 9.68. The molecule has 0 fully saturated rings. The fourth-order valence-electron chi connectivity index (χ4n) is 3.23. The molecular weight excluding hydrogens is 512 g/mol. The smallest absolute Gasteiger partial charge is 0.243 e. The standard InChI is InChI=1S/C22H19BrN4O3S2/c1-14-10-11-17(16(23)12-14)24-22(28)19(13-15-6-3-2-4-7-15)27-32(29,30)20-9-5-8-18-21(20)26-31-25-18/h2-12,19,27H,13H2,1H3,(H,24,28). The number of carbonyl (C=O) groups is 1. The summed E-state index contributed by atoms with van der Waals surface area (Å²) in [6.07, 6.45) is 0.181. The topological polar surface area (TPSA) is 101 Å². The van der Waals surface area contributed by atoms with Crippen LogP contribution in [-0.4, -0.2) is 29.1 Å². The van der Waals surface area contributed by atoms with Crippen LogP contribution in [-0.2, 0) is 21.2 Å². The molecule has 0 saturated carbocycles. The first-order chi connectivity index (χ1) is 15.3. The van der Waals surface area contributed by atoms with Gasteiger partial charge in [-0.25, -0.2) is 8.42 Å². The number of anilines is 1. The van der Waals surface area contributed by atoms with E-state index in [4.69, 9.17) is 0 Å². The SMILES string of the molecule is Cc1ccc(NC(=O)C(Cc2ccccc2)NS(=O)(=O)c2cccc3nsnc23)c(Br)c1. The van der Waals surface area contributed by atoms with Crippen molar-refractivity contribution in [3.05, 3.63) is 82.3 Å². The molecule has 0 bridgehead atoms. The number of sulfonamides is 1. The third-order valence-electron chi connectivity index (χ3n) is 4.82. The maximum Gasteiger partial charge on any atom is 0.243 e. The van der Waals surface area contributed by atoms with Gasteiger partial charge < -0.3 is 5.32 Å². The van der Waals surface area contributed by atoms with Crippen LogP contribution in [0.25, 0.3) is 11.0 Å². The summed E-state index contributed by atoms with van der Waals surface area (Å²) in [6.45, 7) is 1.94. The molecule has 1 unspecified atom stereocenters. The Kier molecular flexibility index (Phi) is 6.66. The van der Waals surface area contributed by atoms with Crippen molar-refractivity contribution >= 4 is 60.3 Å². The molecule has 2 N–H and O–H groups in total. The molecule has 1 aromatic heterocycles. The minimum atomic E-state index is -4.05. The van der Waals surface area contributed by atoms with Crippen LogP contribution in [0.1, 0.15) is 11.1 Å². The molecule has 0 radical (unpaired) electrons. The second kappa shape index (κ2) is 9.45. The maximum absolute atomic E-state index is 13.2. The number of halogens is 1. The van der Waals surface area contributed by atoms with Gasteiger partial charge in [-0.2, -0.15) is 13.5 Å². The van der Waals surface area contributed by atoms with Gasteiger partial charge in [0.25, 0.3) is 0 Å². The van der Waals surface area contributed by atoms with Gasteiger partial charge in [0.15, 0.2) is 0 Å². The van der Waals surface area contributed by atoms with Gasteiger partial charge in [0.1, 0.15) is 22.0 Å². The number of fused-ring (bicyclic) bond motifs is 1. The molecule has 1 atom stereocenters. The average Bonchev–Trinajstić information content (AvgIpc) is 3.24. The molecule has 7 nitrogen and oxygen atoms in total. The van der Waals surface area contributed by atoms with E-state index in [0.29, 0.717) is 15.7 Å². The summed E-state index contributed by atoms with van der Waals surface area (Å²) in [6, 6.07) is 18.5. The molecule has 0 aliphatic carbocycles. The highest BCUT2D eigenvalue weighted by Crippen LogP contribution is 2.25. The molecule has 4 aromatic rings. The van der Waals surface area contributed by atoms with Gasteiger partial charge in [-0.05, 0) is 64.7 Å². The number of aryl methyl sites for hydroxylation is 1. The van der Waals surface area contributed by atoms with Crippen molar-refractivity contribution in [2.75, 3.05) is 5.32 Å². The normalized spacial score (nSPS) is 12.6. The van der Waals surface area contributed by atoms with Gasteiger partial charge in [0, 0.05) is 4.47 Å². The van der Waals surface area contributed by atoms with Gasteiger partial charge in [-0.1, -0.05) is 42.5 Å². The van der Waals surface area contributed by atoms with Gasteiger partial charge >= 0.3 is 0 Å². The Bertz CT molecular complexity index is 1370. The summed E-state index contributed by atoms with van der Waals surface area (Å²) in [4.78, 5) is 13.2. The Morgan fingerprint density at radius 1 is 1.06 bits per heavy atom. The summed E-state index contributed by atoms with van der Waals surface area (Å²) in [5.74, 6) is -0.467. The molecule has 0 aliphatic rings. The molecule has 0 saturated heterocycles. The van der Waals surface area contributed by atoms with E-state index in [1.165, 1.54) is 6.07 Å². The van der Waals surface area contributed by atoms with E-state index in [0.717, 1.165) is 22.9 Å². The monoisotopic (exact) mass is 530 g/mol. The molecule has 1 heterocycles. The van der Waals surface area contributed by atoms with Crippen LogP contribution >= 0.6 is 27.7 Å². The fourth-order valence-corrected chi connectivity index (χ4v) is 5.78. The minimum Gasteiger partial charge on any atom is -0.324 e. The van der Waals surface area contributed by atoms with Crippen molar-refractivity contribution in [1.29, 1.82) is 0 Å². The zero-order valence-corrected chi connectivity index (χ0v) is 20.2. The molecule has 3 aromatic carbocycles. The molecule has 0 aliphatic heterocycles. The van der Waals surface area contributed by atoms with Crippen molar-refractivity contribution < 1.29 is 13.2 Å². The van der Waals surface area contributed by atoms with Crippen LogP contribution in [0.2, 0.25) is 0 Å². The number of benzene rings is 3. The van der Waals surface area contributed by atoms with E-state index in [1.54, 1.807) is 18.2 Å². The van der Waals surface area contributed by atoms with Crippen molar-refractivity contribution in [3.8, 4) is 0 Å². The van der Waals surface area contributed by atoms with Crippen molar-refractivity contribution in [3.63, 3.8) is 0 Å². The molecule has 32 heavy (non-hydrogen) atoms.